The van der Waals surface area contributed by atoms with E-state index in [1.54, 1.807) is 32.0 Å². The minimum absolute atomic E-state index is 0.158. The number of benzene rings is 1. The minimum Gasteiger partial charge on any atom is -0.494 e. The number of aromatic nitrogens is 1. The molecule has 1 N–H and O–H groups in total. The lowest BCUT2D eigenvalue weighted by molar-refractivity contribution is 0.418. The van der Waals surface area contributed by atoms with Crippen molar-refractivity contribution in [1.29, 1.82) is 0 Å². The Kier molecular flexibility index (Phi) is 4.17. The lowest BCUT2D eigenvalue weighted by Gasteiger charge is -2.13. The minimum atomic E-state index is -3.61. The highest BCUT2D eigenvalue weighted by Gasteiger charge is 2.20. The topological polar surface area (TPSA) is 68.3 Å². The van der Waals surface area contributed by atoms with Crippen LogP contribution in [0.5, 0.6) is 5.75 Å². The SMILES string of the molecule is COc1ccc(S(=O)(=O)NC(C)C)c2ccc(Cl)nc12. The number of halogens is 1. The highest BCUT2D eigenvalue weighted by Crippen LogP contribution is 2.30. The molecule has 2 rings (SSSR count). The normalized spacial score (nSPS) is 12.1. The molecule has 1 aromatic carbocycles. The van der Waals surface area contributed by atoms with E-state index < -0.39 is 10.0 Å². The Morgan fingerprint density at radius 2 is 1.95 bits per heavy atom. The molecule has 1 heterocycles. The number of pyridine rings is 1. The molecule has 0 saturated carbocycles. The van der Waals surface area contributed by atoms with Gasteiger partial charge >= 0.3 is 0 Å². The summed E-state index contributed by atoms with van der Waals surface area (Å²) in [7, 11) is -2.11. The zero-order valence-electron chi connectivity index (χ0n) is 11.3. The average molecular weight is 315 g/mol. The van der Waals surface area contributed by atoms with Gasteiger partial charge < -0.3 is 4.74 Å². The van der Waals surface area contributed by atoms with Gasteiger partial charge in [-0.2, -0.15) is 0 Å². The van der Waals surface area contributed by atoms with E-state index in [9.17, 15) is 8.42 Å². The Bertz CT molecular complexity index is 745. The summed E-state index contributed by atoms with van der Waals surface area (Å²) in [6.07, 6.45) is 0. The van der Waals surface area contributed by atoms with Crippen LogP contribution in [0.3, 0.4) is 0 Å². The van der Waals surface area contributed by atoms with Gasteiger partial charge in [0, 0.05) is 11.4 Å². The van der Waals surface area contributed by atoms with E-state index in [0.29, 0.717) is 16.7 Å². The summed E-state index contributed by atoms with van der Waals surface area (Å²) >= 11 is 5.87. The maximum absolute atomic E-state index is 12.3. The highest BCUT2D eigenvalue weighted by molar-refractivity contribution is 7.89. The van der Waals surface area contributed by atoms with Crippen molar-refractivity contribution >= 4 is 32.5 Å². The van der Waals surface area contributed by atoms with Crippen molar-refractivity contribution in [3.63, 3.8) is 0 Å². The summed E-state index contributed by atoms with van der Waals surface area (Å²) in [5.41, 5.74) is 0.423. The monoisotopic (exact) mass is 314 g/mol. The molecule has 0 atom stereocenters. The first-order valence-electron chi connectivity index (χ1n) is 6.00. The number of rotatable bonds is 4. The van der Waals surface area contributed by atoms with Crippen LogP contribution in [0.1, 0.15) is 13.8 Å². The maximum Gasteiger partial charge on any atom is 0.241 e. The van der Waals surface area contributed by atoms with Crippen molar-refractivity contribution in [3.8, 4) is 5.75 Å². The van der Waals surface area contributed by atoms with Gasteiger partial charge in [-0.3, -0.25) is 0 Å². The molecule has 0 saturated heterocycles. The first-order chi connectivity index (χ1) is 9.35. The number of methoxy groups -OCH3 is 1. The predicted molar refractivity (Wildman–Crippen MR) is 78.8 cm³/mol. The first-order valence-corrected chi connectivity index (χ1v) is 7.87. The van der Waals surface area contributed by atoms with Gasteiger partial charge in [0.25, 0.3) is 0 Å². The standard InChI is InChI=1S/C13H15ClN2O3S/c1-8(2)16-20(17,18)11-6-5-10(19-3)13-9(11)4-7-12(14)15-13/h4-8,16H,1-3H3. The number of hydrogen-bond acceptors (Lipinski definition) is 4. The molecule has 108 valence electrons. The second-order valence-corrected chi connectivity index (χ2v) is 6.64. The molecule has 20 heavy (non-hydrogen) atoms. The van der Waals surface area contributed by atoms with E-state index in [-0.39, 0.29) is 16.1 Å². The van der Waals surface area contributed by atoms with Gasteiger partial charge in [0.1, 0.15) is 16.4 Å². The molecule has 7 heteroatoms. The van der Waals surface area contributed by atoms with E-state index in [4.69, 9.17) is 16.3 Å². The van der Waals surface area contributed by atoms with Gasteiger partial charge in [-0.15, -0.1) is 0 Å². The number of fused-ring (bicyclic) bond motifs is 1. The van der Waals surface area contributed by atoms with Crippen LogP contribution in [0.25, 0.3) is 10.9 Å². The quantitative estimate of drug-likeness (QED) is 0.881. The molecule has 0 fully saturated rings. The number of hydrogen-bond donors (Lipinski definition) is 1. The van der Waals surface area contributed by atoms with Crippen molar-refractivity contribution in [1.82, 2.24) is 9.71 Å². The molecule has 0 radical (unpaired) electrons. The van der Waals surface area contributed by atoms with Crippen molar-refractivity contribution in [2.45, 2.75) is 24.8 Å². The van der Waals surface area contributed by atoms with Gasteiger partial charge in [-0.25, -0.2) is 18.1 Å². The van der Waals surface area contributed by atoms with Crippen LogP contribution >= 0.6 is 11.6 Å². The van der Waals surface area contributed by atoms with Crippen molar-refractivity contribution < 1.29 is 13.2 Å². The lowest BCUT2D eigenvalue weighted by atomic mass is 10.2. The number of nitrogens with one attached hydrogen (secondary N) is 1. The fourth-order valence-corrected chi connectivity index (χ4v) is 3.51. The number of sulfonamides is 1. The Morgan fingerprint density at radius 3 is 2.55 bits per heavy atom. The summed E-state index contributed by atoms with van der Waals surface area (Å²) in [5, 5.41) is 0.754. The largest absolute Gasteiger partial charge is 0.494 e. The molecule has 0 bridgehead atoms. The molecule has 0 aliphatic heterocycles. The zero-order chi connectivity index (χ0) is 14.9. The fraction of sp³-hybridized carbons (Fsp3) is 0.308. The average Bonchev–Trinajstić information content (AvgIpc) is 2.35. The third-order valence-electron chi connectivity index (χ3n) is 2.65. The van der Waals surface area contributed by atoms with Crippen LogP contribution in [-0.2, 0) is 10.0 Å². The molecule has 0 spiro atoms. The number of nitrogens with zero attached hydrogens (tertiary/aromatic N) is 1. The fourth-order valence-electron chi connectivity index (χ4n) is 1.91. The highest BCUT2D eigenvalue weighted by atomic mass is 35.5. The first kappa shape index (κ1) is 15.0. The molecule has 0 unspecified atom stereocenters. The van der Waals surface area contributed by atoms with Gasteiger partial charge in [0.05, 0.1) is 12.0 Å². The van der Waals surface area contributed by atoms with Gasteiger partial charge in [-0.1, -0.05) is 11.6 Å². The summed E-state index contributed by atoms with van der Waals surface area (Å²) < 4.78 is 32.4. The Hall–Kier alpha value is -1.37. The van der Waals surface area contributed by atoms with E-state index in [1.807, 2.05) is 0 Å². The molecular formula is C13H15ClN2O3S. The molecule has 0 aliphatic rings. The Labute approximate surface area is 123 Å². The van der Waals surface area contributed by atoms with Crippen LogP contribution in [-0.4, -0.2) is 26.6 Å². The van der Waals surface area contributed by atoms with Gasteiger partial charge in [0.15, 0.2) is 0 Å². The van der Waals surface area contributed by atoms with Gasteiger partial charge in [0.2, 0.25) is 10.0 Å². The molecule has 0 amide bonds. The van der Waals surface area contributed by atoms with Crippen LogP contribution in [0.15, 0.2) is 29.2 Å². The summed E-state index contributed by atoms with van der Waals surface area (Å²) in [4.78, 5) is 4.31. The van der Waals surface area contributed by atoms with Crippen LogP contribution in [0.2, 0.25) is 5.15 Å². The zero-order valence-corrected chi connectivity index (χ0v) is 12.9. The molecule has 1 aromatic heterocycles. The third-order valence-corrected chi connectivity index (χ3v) is 4.57. The number of ether oxygens (including phenoxy) is 1. The molecule has 5 nitrogen and oxygen atoms in total. The van der Waals surface area contributed by atoms with Crippen molar-refractivity contribution in [2.75, 3.05) is 7.11 Å². The van der Waals surface area contributed by atoms with Crippen LogP contribution in [0, 0.1) is 0 Å². The van der Waals surface area contributed by atoms with E-state index in [0.717, 1.165) is 0 Å². The van der Waals surface area contributed by atoms with E-state index in [1.165, 1.54) is 13.2 Å². The summed E-state index contributed by atoms with van der Waals surface area (Å²) in [6.45, 7) is 3.52. The molecular weight excluding hydrogens is 300 g/mol. The van der Waals surface area contributed by atoms with Crippen LogP contribution < -0.4 is 9.46 Å². The predicted octanol–water partition coefficient (Wildman–Crippen LogP) is 2.58. The smallest absolute Gasteiger partial charge is 0.241 e. The molecule has 0 aliphatic carbocycles. The molecule has 2 aromatic rings. The van der Waals surface area contributed by atoms with Crippen molar-refractivity contribution in [3.05, 3.63) is 29.4 Å². The van der Waals surface area contributed by atoms with Crippen molar-refractivity contribution in [2.24, 2.45) is 0 Å². The summed E-state index contributed by atoms with van der Waals surface area (Å²) in [6, 6.07) is 6.05. The Balaban J connectivity index is 2.73. The van der Waals surface area contributed by atoms with E-state index in [2.05, 4.69) is 9.71 Å². The summed E-state index contributed by atoms with van der Waals surface area (Å²) in [5.74, 6) is 0.478. The second-order valence-electron chi connectivity index (χ2n) is 4.57. The van der Waals surface area contributed by atoms with E-state index >= 15 is 0 Å². The maximum atomic E-state index is 12.3. The van der Waals surface area contributed by atoms with Crippen LogP contribution in [0.4, 0.5) is 0 Å². The Morgan fingerprint density at radius 1 is 1.25 bits per heavy atom. The third kappa shape index (κ3) is 2.87. The second kappa shape index (κ2) is 5.55. The lowest BCUT2D eigenvalue weighted by Crippen LogP contribution is -2.30. The van der Waals surface area contributed by atoms with Gasteiger partial charge in [-0.05, 0) is 38.1 Å².